The molecular weight excluding hydrogens is 552 g/mol. The standard InChI is InChI=1S/C41H26N2O2/c1-3-11-27(12-4-1)29-15-9-16-30(25-29)43(31-21-22-34-33-17-7-8-20-37(33)44-39(34)26-31)36-19-10-18-35-32(36)23-24-38-40(35)42-41(45-38)28-13-5-2-6-14-28/h1-26H. The van der Waals surface area contributed by atoms with Crippen molar-refractivity contribution in [2.75, 3.05) is 4.90 Å². The number of aromatic nitrogens is 1. The number of anilines is 3. The van der Waals surface area contributed by atoms with E-state index >= 15 is 0 Å². The molecule has 9 aromatic rings. The number of benzene rings is 7. The first-order valence-electron chi connectivity index (χ1n) is 15.0. The van der Waals surface area contributed by atoms with Crippen LogP contribution in [-0.4, -0.2) is 4.98 Å². The van der Waals surface area contributed by atoms with Gasteiger partial charge in [0.2, 0.25) is 5.89 Å². The summed E-state index contributed by atoms with van der Waals surface area (Å²) in [7, 11) is 0. The third-order valence-electron chi connectivity index (χ3n) is 8.49. The topological polar surface area (TPSA) is 42.4 Å². The number of para-hydroxylation sites is 1. The number of nitrogens with zero attached hydrogens (tertiary/aromatic N) is 2. The normalized spacial score (nSPS) is 11.6. The molecule has 0 saturated carbocycles. The van der Waals surface area contributed by atoms with Gasteiger partial charge in [-0.3, -0.25) is 0 Å². The fourth-order valence-corrected chi connectivity index (χ4v) is 6.37. The Kier molecular flexibility index (Phi) is 5.78. The Hall–Kier alpha value is -6.13. The fourth-order valence-electron chi connectivity index (χ4n) is 6.37. The molecule has 2 aromatic heterocycles. The van der Waals surface area contributed by atoms with Gasteiger partial charge in [-0.2, -0.15) is 0 Å². The molecule has 0 aliphatic carbocycles. The average molecular weight is 579 g/mol. The number of oxazole rings is 1. The summed E-state index contributed by atoms with van der Waals surface area (Å²) in [4.78, 5) is 7.29. The van der Waals surface area contributed by atoms with Gasteiger partial charge in [0.25, 0.3) is 0 Å². The van der Waals surface area contributed by atoms with Crippen molar-refractivity contribution in [3.63, 3.8) is 0 Å². The summed E-state index contributed by atoms with van der Waals surface area (Å²) in [6.45, 7) is 0. The van der Waals surface area contributed by atoms with Gasteiger partial charge in [-0.05, 0) is 71.8 Å². The molecule has 0 N–H and O–H groups in total. The van der Waals surface area contributed by atoms with Crippen LogP contribution in [0.15, 0.2) is 167 Å². The summed E-state index contributed by atoms with van der Waals surface area (Å²) in [6, 6.07) is 54.5. The van der Waals surface area contributed by atoms with E-state index in [-0.39, 0.29) is 0 Å². The first-order valence-corrected chi connectivity index (χ1v) is 15.0. The van der Waals surface area contributed by atoms with Crippen LogP contribution in [0.1, 0.15) is 0 Å². The van der Waals surface area contributed by atoms with Gasteiger partial charge in [0.05, 0.1) is 5.69 Å². The first-order chi connectivity index (χ1) is 22.3. The van der Waals surface area contributed by atoms with Crippen LogP contribution in [0.3, 0.4) is 0 Å². The molecule has 2 heterocycles. The van der Waals surface area contributed by atoms with Crippen molar-refractivity contribution in [3.05, 3.63) is 158 Å². The summed E-state index contributed by atoms with van der Waals surface area (Å²) >= 11 is 0. The van der Waals surface area contributed by atoms with Crippen LogP contribution in [-0.2, 0) is 0 Å². The summed E-state index contributed by atoms with van der Waals surface area (Å²) in [5.74, 6) is 0.617. The van der Waals surface area contributed by atoms with Gasteiger partial charge < -0.3 is 13.7 Å². The fraction of sp³-hybridized carbons (Fsp3) is 0. The molecule has 0 aliphatic rings. The Morgan fingerprint density at radius 3 is 1.93 bits per heavy atom. The molecule has 0 bridgehead atoms. The van der Waals surface area contributed by atoms with Crippen molar-refractivity contribution >= 4 is 60.9 Å². The highest BCUT2D eigenvalue weighted by Gasteiger charge is 2.20. The van der Waals surface area contributed by atoms with Crippen molar-refractivity contribution < 1.29 is 8.83 Å². The molecule has 9 rings (SSSR count). The number of rotatable bonds is 5. The zero-order chi connectivity index (χ0) is 29.7. The van der Waals surface area contributed by atoms with Gasteiger partial charge >= 0.3 is 0 Å². The minimum absolute atomic E-state index is 0.617. The van der Waals surface area contributed by atoms with Crippen molar-refractivity contribution in [2.24, 2.45) is 0 Å². The lowest BCUT2D eigenvalue weighted by atomic mass is 10.0. The van der Waals surface area contributed by atoms with E-state index in [1.165, 1.54) is 5.56 Å². The summed E-state index contributed by atoms with van der Waals surface area (Å²) in [6.07, 6.45) is 0. The highest BCUT2D eigenvalue weighted by molar-refractivity contribution is 6.11. The lowest BCUT2D eigenvalue weighted by Crippen LogP contribution is -2.10. The zero-order valence-corrected chi connectivity index (χ0v) is 24.2. The van der Waals surface area contributed by atoms with Gasteiger partial charge in [0.15, 0.2) is 5.58 Å². The molecule has 0 amide bonds. The highest BCUT2D eigenvalue weighted by Crippen LogP contribution is 2.43. The SMILES string of the molecule is c1ccc(-c2cccc(N(c3ccc4c(c3)oc3ccccc34)c3cccc4c3ccc3oc(-c5ccccc5)nc34)c2)cc1. The minimum Gasteiger partial charge on any atom is -0.456 e. The van der Waals surface area contributed by atoms with Crippen LogP contribution >= 0.6 is 0 Å². The number of furan rings is 1. The third kappa shape index (κ3) is 4.27. The van der Waals surface area contributed by atoms with Crippen LogP contribution in [0.4, 0.5) is 17.1 Å². The lowest BCUT2D eigenvalue weighted by molar-refractivity contribution is 0.620. The quantitative estimate of drug-likeness (QED) is 0.204. The molecule has 0 atom stereocenters. The van der Waals surface area contributed by atoms with E-state index in [0.29, 0.717) is 5.89 Å². The summed E-state index contributed by atoms with van der Waals surface area (Å²) in [5.41, 5.74) is 9.71. The van der Waals surface area contributed by atoms with Crippen molar-refractivity contribution in [2.45, 2.75) is 0 Å². The predicted octanol–water partition coefficient (Wildman–Crippen LogP) is 11.7. The second-order valence-electron chi connectivity index (χ2n) is 11.2. The zero-order valence-electron chi connectivity index (χ0n) is 24.2. The Balaban J connectivity index is 1.27. The molecule has 7 aromatic carbocycles. The van der Waals surface area contributed by atoms with Gasteiger partial charge in [0, 0.05) is 44.5 Å². The summed E-state index contributed by atoms with van der Waals surface area (Å²) in [5, 5.41) is 4.32. The molecule has 45 heavy (non-hydrogen) atoms. The smallest absolute Gasteiger partial charge is 0.227 e. The average Bonchev–Trinajstić information content (AvgIpc) is 3.71. The van der Waals surface area contributed by atoms with Crippen LogP contribution in [0, 0.1) is 0 Å². The lowest BCUT2D eigenvalue weighted by Gasteiger charge is -2.27. The maximum Gasteiger partial charge on any atom is 0.227 e. The van der Waals surface area contributed by atoms with Gasteiger partial charge in [0.1, 0.15) is 16.7 Å². The second kappa shape index (κ2) is 10.2. The van der Waals surface area contributed by atoms with Gasteiger partial charge in [-0.25, -0.2) is 4.98 Å². The molecule has 0 unspecified atom stereocenters. The minimum atomic E-state index is 0.617. The Morgan fingerprint density at radius 1 is 0.400 bits per heavy atom. The predicted molar refractivity (Wildman–Crippen MR) is 184 cm³/mol. The van der Waals surface area contributed by atoms with E-state index in [1.54, 1.807) is 0 Å². The molecule has 4 nitrogen and oxygen atoms in total. The van der Waals surface area contributed by atoms with Gasteiger partial charge in [-0.15, -0.1) is 0 Å². The Bertz CT molecular complexity index is 2490. The molecule has 0 fully saturated rings. The first kappa shape index (κ1) is 25.4. The highest BCUT2D eigenvalue weighted by atomic mass is 16.3. The van der Waals surface area contributed by atoms with E-state index in [0.717, 1.165) is 72.0 Å². The van der Waals surface area contributed by atoms with Crippen LogP contribution in [0.5, 0.6) is 0 Å². The van der Waals surface area contributed by atoms with Crippen LogP contribution in [0.25, 0.3) is 66.4 Å². The molecule has 0 radical (unpaired) electrons. The van der Waals surface area contributed by atoms with Crippen molar-refractivity contribution in [1.82, 2.24) is 4.98 Å². The monoisotopic (exact) mass is 578 g/mol. The number of hydrogen-bond donors (Lipinski definition) is 0. The maximum atomic E-state index is 6.35. The van der Waals surface area contributed by atoms with Crippen molar-refractivity contribution in [3.8, 4) is 22.6 Å². The maximum absolute atomic E-state index is 6.35. The van der Waals surface area contributed by atoms with E-state index in [2.05, 4.69) is 108 Å². The summed E-state index contributed by atoms with van der Waals surface area (Å²) < 4.78 is 12.6. The van der Waals surface area contributed by atoms with Gasteiger partial charge in [-0.1, -0.05) is 91.0 Å². The van der Waals surface area contributed by atoms with Crippen LogP contribution < -0.4 is 4.90 Å². The molecular formula is C41H26N2O2. The van der Waals surface area contributed by atoms with E-state index in [4.69, 9.17) is 13.8 Å². The Labute approximate surface area is 259 Å². The molecule has 4 heteroatoms. The van der Waals surface area contributed by atoms with Crippen molar-refractivity contribution in [1.29, 1.82) is 0 Å². The Morgan fingerprint density at radius 2 is 1.07 bits per heavy atom. The third-order valence-corrected chi connectivity index (χ3v) is 8.49. The number of hydrogen-bond acceptors (Lipinski definition) is 4. The second-order valence-corrected chi connectivity index (χ2v) is 11.2. The van der Waals surface area contributed by atoms with E-state index in [9.17, 15) is 0 Å². The van der Waals surface area contributed by atoms with Crippen LogP contribution in [0.2, 0.25) is 0 Å². The number of fused-ring (bicyclic) bond motifs is 6. The van der Waals surface area contributed by atoms with E-state index < -0.39 is 0 Å². The largest absolute Gasteiger partial charge is 0.456 e. The molecule has 212 valence electrons. The molecule has 0 spiro atoms. The molecule has 0 saturated heterocycles. The molecule has 0 aliphatic heterocycles. The van der Waals surface area contributed by atoms with E-state index in [1.807, 2.05) is 54.6 Å².